The van der Waals surface area contributed by atoms with Gasteiger partial charge in [-0.2, -0.15) is 0 Å². The molecule has 0 spiro atoms. The lowest BCUT2D eigenvalue weighted by Gasteiger charge is -2.25. The summed E-state index contributed by atoms with van der Waals surface area (Å²) in [5.74, 6) is 0.730. The van der Waals surface area contributed by atoms with Crippen LogP contribution in [0.25, 0.3) is 0 Å². The summed E-state index contributed by atoms with van der Waals surface area (Å²) in [6.07, 6.45) is 5.05. The van der Waals surface area contributed by atoms with E-state index in [4.69, 9.17) is 4.74 Å². The van der Waals surface area contributed by atoms with Crippen molar-refractivity contribution in [3.63, 3.8) is 0 Å². The topological polar surface area (TPSA) is 74.8 Å². The average molecular weight is 523 g/mol. The molecule has 0 fully saturated rings. The Hall–Kier alpha value is -2.94. The van der Waals surface area contributed by atoms with E-state index < -0.39 is 10.0 Å². The number of rotatable bonds is 12. The van der Waals surface area contributed by atoms with E-state index >= 15 is 0 Å². The van der Waals surface area contributed by atoms with Crippen LogP contribution in [-0.4, -0.2) is 51.6 Å². The van der Waals surface area contributed by atoms with Crippen LogP contribution in [0.3, 0.4) is 0 Å². The molecule has 7 nitrogen and oxygen atoms in total. The first-order valence-electron chi connectivity index (χ1n) is 13.1. The van der Waals surface area contributed by atoms with Gasteiger partial charge in [-0.15, -0.1) is 0 Å². The van der Waals surface area contributed by atoms with Crippen molar-refractivity contribution in [2.75, 3.05) is 37.6 Å². The minimum atomic E-state index is -3.71. The van der Waals surface area contributed by atoms with E-state index in [1.54, 1.807) is 37.4 Å². The van der Waals surface area contributed by atoms with Gasteiger partial charge in [0.1, 0.15) is 12.4 Å². The average Bonchev–Trinajstić information content (AvgIpc) is 2.94. The van der Waals surface area contributed by atoms with Crippen LogP contribution in [0.5, 0.6) is 5.75 Å². The van der Waals surface area contributed by atoms with Gasteiger partial charge in [0, 0.05) is 26.3 Å². The molecule has 198 valence electrons. The minimum absolute atomic E-state index is 0.181. The fourth-order valence-corrected chi connectivity index (χ4v) is 6.01. The van der Waals surface area contributed by atoms with Crippen LogP contribution in [0.15, 0.2) is 71.8 Å². The first-order chi connectivity index (χ1) is 17.9. The molecule has 4 rings (SSSR count). The van der Waals surface area contributed by atoms with Gasteiger partial charge in [-0.3, -0.25) is 9.29 Å². The second-order valence-corrected chi connectivity index (χ2v) is 11.3. The zero-order valence-electron chi connectivity index (χ0n) is 22.1. The van der Waals surface area contributed by atoms with Crippen molar-refractivity contribution in [2.45, 2.75) is 50.6 Å². The number of nitrogens with one attached hydrogen (secondary N) is 1. The summed E-state index contributed by atoms with van der Waals surface area (Å²) in [7, 11) is -2.12. The summed E-state index contributed by atoms with van der Waals surface area (Å²) in [6, 6.07) is 18.7. The summed E-state index contributed by atoms with van der Waals surface area (Å²) < 4.78 is 34.0. The summed E-state index contributed by atoms with van der Waals surface area (Å²) in [6.45, 7) is 8.28. The number of benzene rings is 2. The number of hydrogen-bond donors (Lipinski definition) is 1. The first-order valence-corrected chi connectivity index (χ1v) is 14.6. The van der Waals surface area contributed by atoms with Gasteiger partial charge in [0.15, 0.2) is 0 Å². The summed E-state index contributed by atoms with van der Waals surface area (Å²) in [4.78, 5) is 7.16. The van der Waals surface area contributed by atoms with Gasteiger partial charge in [0.2, 0.25) is 0 Å². The molecule has 3 aromatic rings. The molecule has 1 aromatic heterocycles. The molecule has 1 unspecified atom stereocenters. The molecule has 8 heteroatoms. The molecule has 37 heavy (non-hydrogen) atoms. The molecule has 0 saturated heterocycles. The molecule has 0 radical (unpaired) electrons. The van der Waals surface area contributed by atoms with E-state index in [0.29, 0.717) is 18.8 Å². The van der Waals surface area contributed by atoms with Gasteiger partial charge in [0.25, 0.3) is 10.0 Å². The summed E-state index contributed by atoms with van der Waals surface area (Å²) in [5, 5.41) is 3.58. The Morgan fingerprint density at radius 2 is 1.84 bits per heavy atom. The van der Waals surface area contributed by atoms with Crippen LogP contribution < -0.4 is 14.4 Å². The first kappa shape index (κ1) is 27.1. The van der Waals surface area contributed by atoms with Crippen LogP contribution in [-0.2, 0) is 23.0 Å². The van der Waals surface area contributed by atoms with E-state index in [1.165, 1.54) is 9.87 Å². The van der Waals surface area contributed by atoms with Gasteiger partial charge < -0.3 is 15.0 Å². The fourth-order valence-electron chi connectivity index (χ4n) is 4.75. The number of sulfonamides is 1. The number of aromatic nitrogens is 1. The van der Waals surface area contributed by atoms with Crippen molar-refractivity contribution in [3.05, 3.63) is 83.7 Å². The van der Waals surface area contributed by atoms with E-state index in [0.717, 1.165) is 55.9 Å². The summed E-state index contributed by atoms with van der Waals surface area (Å²) >= 11 is 0. The molecule has 1 heterocycles. The maximum absolute atomic E-state index is 13.4. The van der Waals surface area contributed by atoms with Crippen molar-refractivity contribution in [1.82, 2.24) is 15.2 Å². The predicted octanol–water partition coefficient (Wildman–Crippen LogP) is 4.79. The Labute approximate surface area is 221 Å². The molecule has 0 aliphatic heterocycles. The molecule has 1 N–H and O–H groups in total. The van der Waals surface area contributed by atoms with E-state index in [9.17, 15) is 8.42 Å². The third kappa shape index (κ3) is 6.69. The lowest BCUT2D eigenvalue weighted by Crippen LogP contribution is -2.28. The van der Waals surface area contributed by atoms with Crippen LogP contribution in [0, 0.1) is 0 Å². The van der Waals surface area contributed by atoms with Crippen molar-refractivity contribution in [1.29, 1.82) is 0 Å². The second kappa shape index (κ2) is 12.5. The molecule has 0 amide bonds. The van der Waals surface area contributed by atoms with Gasteiger partial charge in [-0.25, -0.2) is 8.42 Å². The summed E-state index contributed by atoms with van der Waals surface area (Å²) in [5.41, 5.74) is 3.92. The smallest absolute Gasteiger partial charge is 0.264 e. The third-order valence-electron chi connectivity index (χ3n) is 7.08. The van der Waals surface area contributed by atoms with E-state index in [-0.39, 0.29) is 10.9 Å². The number of aryl methyl sites for hydroxylation is 1. The number of hydrogen-bond acceptors (Lipinski definition) is 6. The van der Waals surface area contributed by atoms with E-state index in [1.807, 2.05) is 30.5 Å². The lowest BCUT2D eigenvalue weighted by molar-refractivity contribution is 0.223. The Balaban J connectivity index is 1.39. The zero-order chi connectivity index (χ0) is 26.3. The van der Waals surface area contributed by atoms with Crippen LogP contribution in [0.1, 0.15) is 49.6 Å². The normalized spacial score (nSPS) is 15.4. The van der Waals surface area contributed by atoms with Crippen molar-refractivity contribution < 1.29 is 13.2 Å². The molecule has 0 bridgehead atoms. The molecule has 1 aliphatic carbocycles. The number of pyridine rings is 1. The molecule has 0 saturated carbocycles. The van der Waals surface area contributed by atoms with Crippen molar-refractivity contribution in [3.8, 4) is 5.75 Å². The maximum atomic E-state index is 13.4. The molecule has 1 aliphatic rings. The highest BCUT2D eigenvalue weighted by Gasteiger charge is 2.23. The number of likely N-dealkylation sites (N-methyl/N-ethyl adjacent to an activating group) is 1. The predicted molar refractivity (Wildman–Crippen MR) is 149 cm³/mol. The fraction of sp³-hybridized carbons (Fsp3) is 0.414. The molecular weight excluding hydrogens is 484 g/mol. The molecule has 1 atom stereocenters. The number of fused-ring (bicyclic) bond motifs is 1. The van der Waals surface area contributed by atoms with Crippen LogP contribution in [0.2, 0.25) is 0 Å². The molecular formula is C29H38N4O3S. The van der Waals surface area contributed by atoms with Gasteiger partial charge in [0.05, 0.1) is 22.3 Å². The van der Waals surface area contributed by atoms with Crippen LogP contribution in [0.4, 0.5) is 5.69 Å². The number of anilines is 1. The SMILES string of the molecule is CCN(CC)CCOc1ccc(N(C)S(=O)(=O)c2cccc(CNC3CCCc4cccnc43)c2)cc1. The maximum Gasteiger partial charge on any atom is 0.264 e. The van der Waals surface area contributed by atoms with Gasteiger partial charge in [-0.1, -0.05) is 32.0 Å². The van der Waals surface area contributed by atoms with Crippen molar-refractivity contribution in [2.24, 2.45) is 0 Å². The highest BCUT2D eigenvalue weighted by molar-refractivity contribution is 7.92. The quantitative estimate of drug-likeness (QED) is 0.369. The Morgan fingerprint density at radius 3 is 2.59 bits per heavy atom. The lowest BCUT2D eigenvalue weighted by atomic mass is 9.92. The Bertz CT molecular complexity index is 1260. The number of ether oxygens (including phenoxy) is 1. The minimum Gasteiger partial charge on any atom is -0.492 e. The highest BCUT2D eigenvalue weighted by Crippen LogP contribution is 2.29. The van der Waals surface area contributed by atoms with Gasteiger partial charge in [-0.05, 0) is 85.9 Å². The van der Waals surface area contributed by atoms with E-state index in [2.05, 4.69) is 35.1 Å². The zero-order valence-corrected chi connectivity index (χ0v) is 22.9. The highest BCUT2D eigenvalue weighted by atomic mass is 32.2. The monoisotopic (exact) mass is 522 g/mol. The number of nitrogens with zero attached hydrogens (tertiary/aromatic N) is 3. The molecule has 2 aromatic carbocycles. The Kier molecular flexibility index (Phi) is 9.18. The van der Waals surface area contributed by atoms with Gasteiger partial charge >= 0.3 is 0 Å². The Morgan fingerprint density at radius 1 is 1.05 bits per heavy atom. The largest absolute Gasteiger partial charge is 0.492 e. The second-order valence-electron chi connectivity index (χ2n) is 9.36. The third-order valence-corrected chi connectivity index (χ3v) is 8.86. The van der Waals surface area contributed by atoms with Crippen molar-refractivity contribution >= 4 is 15.7 Å². The van der Waals surface area contributed by atoms with Crippen LogP contribution >= 0.6 is 0 Å². The standard InChI is InChI=1S/C29H38N4O3S/c1-4-33(5-2)19-20-36-26-16-14-25(15-17-26)32(3)37(34,35)27-12-6-9-23(21-27)22-31-28-13-7-10-24-11-8-18-30-29(24)28/h6,8-9,11-12,14-18,21,28,31H,4-5,7,10,13,19-20,22H2,1-3H3.